The molecular formula is C33H35ClF2N6O. The van der Waals surface area contributed by atoms with Crippen molar-refractivity contribution in [1.82, 2.24) is 25.2 Å². The fraction of sp³-hybridized carbons (Fsp3) is 0.485. The van der Waals surface area contributed by atoms with Crippen molar-refractivity contribution in [2.24, 2.45) is 5.41 Å². The summed E-state index contributed by atoms with van der Waals surface area (Å²) in [6.45, 7) is 7.45. The van der Waals surface area contributed by atoms with Crippen LogP contribution in [0.25, 0.3) is 32.9 Å². The Hall–Kier alpha value is -3.14. The maximum absolute atomic E-state index is 16.7. The number of nitrogens with one attached hydrogen (secondary N) is 1. The van der Waals surface area contributed by atoms with Gasteiger partial charge in [0.2, 0.25) is 0 Å². The molecule has 2 bridgehead atoms. The number of rotatable bonds is 5. The molecule has 1 N–H and O–H groups in total. The van der Waals surface area contributed by atoms with E-state index in [-0.39, 0.29) is 29.2 Å². The van der Waals surface area contributed by atoms with Crippen LogP contribution >= 0.6 is 11.6 Å². The lowest BCUT2D eigenvalue weighted by Crippen LogP contribution is -2.51. The maximum Gasteiger partial charge on any atom is 0.319 e. The second-order valence-corrected chi connectivity index (χ2v) is 14.1. The number of halogens is 3. The highest BCUT2D eigenvalue weighted by Gasteiger charge is 2.55. The molecule has 4 saturated heterocycles. The van der Waals surface area contributed by atoms with Gasteiger partial charge in [-0.05, 0) is 36.1 Å². The van der Waals surface area contributed by atoms with E-state index in [9.17, 15) is 4.39 Å². The molecule has 0 radical (unpaired) electrons. The highest BCUT2D eigenvalue weighted by atomic mass is 35.5. The van der Waals surface area contributed by atoms with Crippen molar-refractivity contribution in [3.63, 3.8) is 0 Å². The van der Waals surface area contributed by atoms with Gasteiger partial charge in [0.05, 0.1) is 10.9 Å². The number of piperazine rings is 1. The molecule has 4 atom stereocenters. The second kappa shape index (κ2) is 9.94. The van der Waals surface area contributed by atoms with Crippen LogP contribution in [0.5, 0.6) is 6.01 Å². The molecule has 6 heterocycles. The first kappa shape index (κ1) is 27.4. The first-order valence-corrected chi connectivity index (χ1v) is 15.6. The van der Waals surface area contributed by atoms with E-state index in [1.807, 2.05) is 30.3 Å². The van der Waals surface area contributed by atoms with Gasteiger partial charge in [-0.2, -0.15) is 9.97 Å². The number of benzene rings is 2. The zero-order chi connectivity index (χ0) is 29.5. The van der Waals surface area contributed by atoms with E-state index in [2.05, 4.69) is 38.9 Å². The van der Waals surface area contributed by atoms with Crippen LogP contribution in [0.2, 0.25) is 5.02 Å². The van der Waals surface area contributed by atoms with Gasteiger partial charge in [-0.25, -0.2) is 8.78 Å². The molecule has 0 amide bonds. The van der Waals surface area contributed by atoms with Crippen molar-refractivity contribution in [2.75, 3.05) is 37.7 Å². The van der Waals surface area contributed by atoms with Gasteiger partial charge in [0.25, 0.3) is 0 Å². The average Bonchev–Trinajstić information content (AvgIpc) is 3.55. The largest absolute Gasteiger partial charge is 0.461 e. The Morgan fingerprint density at radius 1 is 1.07 bits per heavy atom. The fourth-order valence-electron chi connectivity index (χ4n) is 8.30. The zero-order valence-corrected chi connectivity index (χ0v) is 25.2. The van der Waals surface area contributed by atoms with E-state index in [0.717, 1.165) is 49.7 Å². The van der Waals surface area contributed by atoms with Gasteiger partial charge >= 0.3 is 6.01 Å². The summed E-state index contributed by atoms with van der Waals surface area (Å²) in [5, 5.41) is 6.38. The highest BCUT2D eigenvalue weighted by Crippen LogP contribution is 2.48. The summed E-state index contributed by atoms with van der Waals surface area (Å²) in [6, 6.07) is 12.1. The van der Waals surface area contributed by atoms with Crippen LogP contribution in [0.3, 0.4) is 0 Å². The maximum atomic E-state index is 16.7. The third-order valence-corrected chi connectivity index (χ3v) is 10.2. The van der Waals surface area contributed by atoms with Crippen LogP contribution < -0.4 is 15.0 Å². The van der Waals surface area contributed by atoms with Crippen LogP contribution in [0.1, 0.15) is 39.5 Å². The molecule has 4 aliphatic heterocycles. The molecule has 4 fully saturated rings. The first-order chi connectivity index (χ1) is 20.7. The van der Waals surface area contributed by atoms with E-state index >= 15 is 4.39 Å². The molecule has 2 aromatic carbocycles. The topological polar surface area (TPSA) is 66.4 Å². The highest BCUT2D eigenvalue weighted by molar-refractivity contribution is 6.36. The molecule has 2 unspecified atom stereocenters. The molecule has 0 aliphatic carbocycles. The Labute approximate surface area is 254 Å². The van der Waals surface area contributed by atoms with E-state index in [4.69, 9.17) is 21.3 Å². The Kier molecular flexibility index (Phi) is 6.34. The fourth-order valence-corrected chi connectivity index (χ4v) is 8.58. The monoisotopic (exact) mass is 604 g/mol. The third-order valence-electron chi connectivity index (χ3n) is 9.86. The predicted molar refractivity (Wildman–Crippen MR) is 165 cm³/mol. The number of pyridine rings is 1. The molecule has 10 heteroatoms. The lowest BCUT2D eigenvalue weighted by atomic mass is 9.82. The Bertz CT molecular complexity index is 1730. The summed E-state index contributed by atoms with van der Waals surface area (Å²) < 4.78 is 37.7. The number of anilines is 1. The normalized spacial score (nSPS) is 28.2. The molecule has 4 aromatic rings. The van der Waals surface area contributed by atoms with Gasteiger partial charge in [0, 0.05) is 66.9 Å². The van der Waals surface area contributed by atoms with Crippen LogP contribution in [-0.2, 0) is 0 Å². The van der Waals surface area contributed by atoms with Crippen LogP contribution in [0.15, 0.2) is 42.6 Å². The van der Waals surface area contributed by atoms with Gasteiger partial charge in [-0.1, -0.05) is 55.8 Å². The minimum atomic E-state index is -0.886. The number of hydrogen-bond acceptors (Lipinski definition) is 7. The van der Waals surface area contributed by atoms with E-state index in [1.54, 1.807) is 12.3 Å². The summed E-state index contributed by atoms with van der Waals surface area (Å²) in [5.41, 5.74) is 0.590. The Balaban J connectivity index is 1.24. The summed E-state index contributed by atoms with van der Waals surface area (Å²) in [6.07, 6.45) is 4.24. The van der Waals surface area contributed by atoms with Gasteiger partial charge in [0.15, 0.2) is 5.82 Å². The number of aromatic nitrogens is 3. The van der Waals surface area contributed by atoms with Crippen LogP contribution in [0, 0.1) is 11.2 Å². The first-order valence-electron chi connectivity index (χ1n) is 15.2. The second-order valence-electron chi connectivity index (χ2n) is 13.7. The van der Waals surface area contributed by atoms with Gasteiger partial charge in [0.1, 0.15) is 29.8 Å². The summed E-state index contributed by atoms with van der Waals surface area (Å²) >= 11 is 6.61. The lowest BCUT2D eigenvalue weighted by Gasteiger charge is -2.34. The molecule has 0 saturated carbocycles. The smallest absolute Gasteiger partial charge is 0.319 e. The zero-order valence-electron chi connectivity index (χ0n) is 24.4. The average molecular weight is 605 g/mol. The predicted octanol–water partition coefficient (Wildman–Crippen LogP) is 6.17. The quantitative estimate of drug-likeness (QED) is 0.292. The van der Waals surface area contributed by atoms with E-state index in [1.165, 1.54) is 0 Å². The van der Waals surface area contributed by atoms with E-state index < -0.39 is 17.5 Å². The number of ether oxygens (including phenoxy) is 1. The number of nitrogens with zero attached hydrogens (tertiary/aromatic N) is 5. The van der Waals surface area contributed by atoms with Gasteiger partial charge in [-0.3, -0.25) is 9.88 Å². The minimum Gasteiger partial charge on any atom is -0.461 e. The summed E-state index contributed by atoms with van der Waals surface area (Å²) in [7, 11) is 0. The molecule has 2 aromatic heterocycles. The molecule has 43 heavy (non-hydrogen) atoms. The van der Waals surface area contributed by atoms with Crippen LogP contribution in [-0.4, -0.2) is 76.4 Å². The summed E-state index contributed by atoms with van der Waals surface area (Å²) in [4.78, 5) is 18.6. The molecule has 0 spiro atoms. The standard InChI is InChI=1S/C33H35ClF2N6O/c1-32(2)16-33(11-20(35)13-42(33)17-32)18-43-31-39-29-24(30(40-31)41-14-21-9-10-22(15-41)38-21)12-37-28(27(29)36)23-7-3-5-19-6-4-8-25(34)26(19)23/h3-8,12,20-22,38H,9-11,13-18H2,1-2H3/t20?,21-,22+,33?. The number of hydrogen-bond donors (Lipinski definition) is 1. The molecule has 4 aliphatic rings. The van der Waals surface area contributed by atoms with Crippen molar-refractivity contribution in [3.05, 3.63) is 53.4 Å². The van der Waals surface area contributed by atoms with Crippen molar-refractivity contribution in [1.29, 1.82) is 0 Å². The van der Waals surface area contributed by atoms with Gasteiger partial charge in [-0.15, -0.1) is 0 Å². The van der Waals surface area contributed by atoms with Crippen molar-refractivity contribution in [3.8, 4) is 17.3 Å². The molecule has 224 valence electrons. The molecule has 8 rings (SSSR count). The molecule has 7 nitrogen and oxygen atoms in total. The van der Waals surface area contributed by atoms with Crippen molar-refractivity contribution >= 4 is 39.1 Å². The Morgan fingerprint density at radius 3 is 2.63 bits per heavy atom. The lowest BCUT2D eigenvalue weighted by molar-refractivity contribution is 0.107. The van der Waals surface area contributed by atoms with Crippen molar-refractivity contribution < 1.29 is 13.5 Å². The summed E-state index contributed by atoms with van der Waals surface area (Å²) in [5.74, 6) is 0.0891. The van der Waals surface area contributed by atoms with Crippen LogP contribution in [0.4, 0.5) is 14.6 Å². The third kappa shape index (κ3) is 4.62. The van der Waals surface area contributed by atoms with E-state index in [0.29, 0.717) is 46.8 Å². The number of fused-ring (bicyclic) bond motifs is 5. The SMILES string of the molecule is CC1(C)CN2CC(F)CC2(COc2nc(N3C[C@H]4CC[C@@H](C3)N4)c3cnc(-c4cccc5cccc(Cl)c45)c(F)c3n2)C1. The minimum absolute atomic E-state index is 0.0609. The molecular weight excluding hydrogens is 570 g/mol. The number of alkyl halides is 1. The van der Waals surface area contributed by atoms with Gasteiger partial charge < -0.3 is 15.0 Å². The Morgan fingerprint density at radius 2 is 1.84 bits per heavy atom. The van der Waals surface area contributed by atoms with Crippen molar-refractivity contribution in [2.45, 2.75) is 63.3 Å².